The first-order chi connectivity index (χ1) is 16.3. The van der Waals surface area contributed by atoms with Crippen LogP contribution in [0.15, 0.2) is 53.4 Å². The van der Waals surface area contributed by atoms with Gasteiger partial charge in [0.15, 0.2) is 9.84 Å². The number of anilines is 1. The van der Waals surface area contributed by atoms with Crippen LogP contribution in [0.5, 0.6) is 5.75 Å². The Kier molecular flexibility index (Phi) is 9.77. The van der Waals surface area contributed by atoms with E-state index in [2.05, 4.69) is 46.3 Å². The van der Waals surface area contributed by atoms with Crippen molar-refractivity contribution in [2.45, 2.75) is 37.5 Å². The van der Waals surface area contributed by atoms with E-state index in [4.69, 9.17) is 4.74 Å². The number of rotatable bonds is 12. The summed E-state index contributed by atoms with van der Waals surface area (Å²) in [6.07, 6.45) is 4.27. The zero-order valence-electron chi connectivity index (χ0n) is 20.3. The van der Waals surface area contributed by atoms with Crippen LogP contribution in [0.2, 0.25) is 0 Å². The lowest BCUT2D eigenvalue weighted by atomic mass is 10.2. The minimum absolute atomic E-state index is 0.0443. The second kappa shape index (κ2) is 12.8. The van der Waals surface area contributed by atoms with Crippen LogP contribution < -0.4 is 15.0 Å². The van der Waals surface area contributed by atoms with E-state index in [1.54, 1.807) is 12.1 Å². The largest absolute Gasteiger partial charge is 0.494 e. The number of amides is 1. The molecule has 3 rings (SSSR count). The van der Waals surface area contributed by atoms with Crippen molar-refractivity contribution in [2.24, 2.45) is 0 Å². The number of nitrogens with one attached hydrogen (secondary N) is 1. The Hall–Kier alpha value is -2.58. The number of sulfone groups is 1. The molecule has 186 valence electrons. The summed E-state index contributed by atoms with van der Waals surface area (Å²) < 4.78 is 28.5. The standard InChI is InChI=1S/C26H37N3O4S/c1-22-7-5-8-23(21-22)29-18-16-28(17-19-29)15-4-3-14-27-26(30)9-6-20-33-24-10-12-25(13-11-24)34(2,31)32/h5,7-8,10-13,21H,3-4,6,9,14-20H2,1-2H3,(H,27,30). The van der Waals surface area contributed by atoms with Gasteiger partial charge in [-0.05, 0) is 74.7 Å². The summed E-state index contributed by atoms with van der Waals surface area (Å²) in [5.41, 5.74) is 2.62. The van der Waals surface area contributed by atoms with E-state index in [0.717, 1.165) is 45.6 Å². The van der Waals surface area contributed by atoms with Crippen LogP contribution in [0.1, 0.15) is 31.2 Å². The third kappa shape index (κ3) is 8.65. The lowest BCUT2D eigenvalue weighted by Crippen LogP contribution is -2.46. The number of hydrogen-bond donors (Lipinski definition) is 1. The normalized spacial score (nSPS) is 14.7. The molecule has 0 saturated carbocycles. The molecule has 1 aliphatic rings. The Balaban J connectivity index is 1.20. The lowest BCUT2D eigenvalue weighted by molar-refractivity contribution is -0.121. The van der Waals surface area contributed by atoms with Gasteiger partial charge in [0.2, 0.25) is 5.91 Å². The third-order valence-corrected chi connectivity index (χ3v) is 7.16. The van der Waals surface area contributed by atoms with Gasteiger partial charge in [0, 0.05) is 51.1 Å². The number of hydrogen-bond acceptors (Lipinski definition) is 6. The van der Waals surface area contributed by atoms with Crippen LogP contribution in [0.3, 0.4) is 0 Å². The van der Waals surface area contributed by atoms with Crippen LogP contribution in [0, 0.1) is 6.92 Å². The Morgan fingerprint density at radius 1 is 1.00 bits per heavy atom. The van der Waals surface area contributed by atoms with E-state index in [1.807, 2.05) is 0 Å². The molecule has 2 aromatic rings. The summed E-state index contributed by atoms with van der Waals surface area (Å²) in [7, 11) is -3.20. The van der Waals surface area contributed by atoms with E-state index in [1.165, 1.54) is 29.6 Å². The summed E-state index contributed by atoms with van der Waals surface area (Å²) in [5, 5.41) is 2.99. The van der Waals surface area contributed by atoms with Crippen molar-refractivity contribution in [3.8, 4) is 5.75 Å². The van der Waals surface area contributed by atoms with Gasteiger partial charge in [0.25, 0.3) is 0 Å². The number of nitrogens with zero attached hydrogens (tertiary/aromatic N) is 2. The summed E-state index contributed by atoms with van der Waals surface area (Å²) in [6, 6.07) is 15.0. The molecule has 2 aromatic carbocycles. The minimum atomic E-state index is -3.20. The van der Waals surface area contributed by atoms with Crippen molar-refractivity contribution in [3.63, 3.8) is 0 Å². The van der Waals surface area contributed by atoms with Crippen molar-refractivity contribution in [1.82, 2.24) is 10.2 Å². The van der Waals surface area contributed by atoms with Gasteiger partial charge in [-0.3, -0.25) is 9.69 Å². The molecule has 0 bridgehead atoms. The molecule has 1 amide bonds. The molecule has 1 N–H and O–H groups in total. The molecule has 1 saturated heterocycles. The number of aryl methyl sites for hydroxylation is 1. The smallest absolute Gasteiger partial charge is 0.220 e. The Bertz CT molecular complexity index is 1020. The fourth-order valence-electron chi connectivity index (χ4n) is 4.04. The number of ether oxygens (including phenoxy) is 1. The minimum Gasteiger partial charge on any atom is -0.494 e. The number of carbonyl (C=O) groups excluding carboxylic acids is 1. The van der Waals surface area contributed by atoms with Crippen LogP contribution >= 0.6 is 0 Å². The molecule has 1 heterocycles. The van der Waals surface area contributed by atoms with Gasteiger partial charge in [-0.2, -0.15) is 0 Å². The predicted octanol–water partition coefficient (Wildman–Crippen LogP) is 3.28. The first-order valence-electron chi connectivity index (χ1n) is 12.0. The van der Waals surface area contributed by atoms with Crippen molar-refractivity contribution >= 4 is 21.4 Å². The zero-order valence-corrected chi connectivity index (χ0v) is 21.1. The molecule has 0 aromatic heterocycles. The van der Waals surface area contributed by atoms with Gasteiger partial charge in [-0.25, -0.2) is 8.42 Å². The molecular formula is C26H37N3O4S. The van der Waals surface area contributed by atoms with Crippen molar-refractivity contribution < 1.29 is 17.9 Å². The molecule has 0 aliphatic carbocycles. The third-order valence-electron chi connectivity index (χ3n) is 6.03. The maximum atomic E-state index is 12.0. The summed E-state index contributed by atoms with van der Waals surface area (Å²) >= 11 is 0. The van der Waals surface area contributed by atoms with Gasteiger partial charge in [-0.1, -0.05) is 12.1 Å². The molecule has 0 unspecified atom stereocenters. The Morgan fingerprint density at radius 2 is 1.74 bits per heavy atom. The van der Waals surface area contributed by atoms with Gasteiger partial charge in [0.1, 0.15) is 5.75 Å². The molecule has 0 radical (unpaired) electrons. The fourth-order valence-corrected chi connectivity index (χ4v) is 4.67. The monoisotopic (exact) mass is 487 g/mol. The maximum Gasteiger partial charge on any atom is 0.220 e. The first kappa shape index (κ1) is 26.0. The van der Waals surface area contributed by atoms with Gasteiger partial charge in [-0.15, -0.1) is 0 Å². The molecule has 34 heavy (non-hydrogen) atoms. The van der Waals surface area contributed by atoms with Crippen molar-refractivity contribution in [2.75, 3.05) is 57.0 Å². The summed E-state index contributed by atoms with van der Waals surface area (Å²) in [4.78, 5) is 17.3. The maximum absolute atomic E-state index is 12.0. The van der Waals surface area contributed by atoms with E-state index in [-0.39, 0.29) is 10.8 Å². The van der Waals surface area contributed by atoms with E-state index in [0.29, 0.717) is 31.7 Å². The molecule has 8 heteroatoms. The van der Waals surface area contributed by atoms with Crippen LogP contribution in [-0.2, 0) is 14.6 Å². The quantitative estimate of drug-likeness (QED) is 0.463. The average molecular weight is 488 g/mol. The second-order valence-corrected chi connectivity index (χ2v) is 10.9. The molecule has 0 atom stereocenters. The molecule has 1 fully saturated rings. The molecule has 1 aliphatic heterocycles. The SMILES string of the molecule is Cc1cccc(N2CCN(CCCCNC(=O)CCCOc3ccc(S(C)(=O)=O)cc3)CC2)c1. The molecular weight excluding hydrogens is 450 g/mol. The van der Waals surface area contributed by atoms with Crippen LogP contribution in [0.4, 0.5) is 5.69 Å². The summed E-state index contributed by atoms with van der Waals surface area (Å²) in [6.45, 7) is 8.61. The summed E-state index contributed by atoms with van der Waals surface area (Å²) in [5.74, 6) is 0.648. The predicted molar refractivity (Wildman–Crippen MR) is 136 cm³/mol. The second-order valence-electron chi connectivity index (χ2n) is 8.92. The van der Waals surface area contributed by atoms with Gasteiger partial charge in [0.05, 0.1) is 11.5 Å². The first-order valence-corrected chi connectivity index (χ1v) is 13.9. The van der Waals surface area contributed by atoms with Crippen LogP contribution in [0.25, 0.3) is 0 Å². The van der Waals surface area contributed by atoms with Crippen LogP contribution in [-0.4, -0.2) is 71.4 Å². The zero-order chi connectivity index (χ0) is 24.4. The Morgan fingerprint density at radius 3 is 2.41 bits per heavy atom. The lowest BCUT2D eigenvalue weighted by Gasteiger charge is -2.36. The number of benzene rings is 2. The highest BCUT2D eigenvalue weighted by atomic mass is 32.2. The highest BCUT2D eigenvalue weighted by Crippen LogP contribution is 2.18. The van der Waals surface area contributed by atoms with E-state index in [9.17, 15) is 13.2 Å². The topological polar surface area (TPSA) is 79.0 Å². The van der Waals surface area contributed by atoms with Gasteiger partial charge < -0.3 is 15.0 Å². The highest BCUT2D eigenvalue weighted by Gasteiger charge is 2.16. The number of carbonyl (C=O) groups is 1. The van der Waals surface area contributed by atoms with E-state index >= 15 is 0 Å². The fraction of sp³-hybridized carbons (Fsp3) is 0.500. The Labute approximate surface area is 204 Å². The molecule has 7 nitrogen and oxygen atoms in total. The van der Waals surface area contributed by atoms with E-state index < -0.39 is 9.84 Å². The number of unbranched alkanes of at least 4 members (excludes halogenated alkanes) is 1. The average Bonchev–Trinajstić information content (AvgIpc) is 2.82. The number of piperazine rings is 1. The van der Waals surface area contributed by atoms with Crippen molar-refractivity contribution in [3.05, 3.63) is 54.1 Å². The van der Waals surface area contributed by atoms with Crippen molar-refractivity contribution in [1.29, 1.82) is 0 Å². The van der Waals surface area contributed by atoms with Gasteiger partial charge >= 0.3 is 0 Å². The highest BCUT2D eigenvalue weighted by molar-refractivity contribution is 7.90. The molecule has 0 spiro atoms.